The molecule has 0 radical (unpaired) electrons. The Labute approximate surface area is 132 Å². The molecule has 1 aliphatic heterocycles. The molecule has 116 valence electrons. The van der Waals surface area contributed by atoms with Gasteiger partial charge in [-0.05, 0) is 53.7 Å². The normalized spacial score (nSPS) is 19.6. The summed E-state index contributed by atoms with van der Waals surface area (Å²) in [6.07, 6.45) is 2.00. The fourth-order valence-corrected chi connectivity index (χ4v) is 2.50. The van der Waals surface area contributed by atoms with Crippen LogP contribution < -0.4 is 5.46 Å². The van der Waals surface area contributed by atoms with Crippen molar-refractivity contribution in [3.05, 3.63) is 41.7 Å². The van der Waals surface area contributed by atoms with Gasteiger partial charge in [0.15, 0.2) is 0 Å². The molecule has 5 heteroatoms. The van der Waals surface area contributed by atoms with E-state index in [-0.39, 0.29) is 18.3 Å². The molecule has 4 nitrogen and oxygen atoms in total. The summed E-state index contributed by atoms with van der Waals surface area (Å²) in [7, 11) is -0.371. The van der Waals surface area contributed by atoms with Crippen molar-refractivity contribution in [2.75, 3.05) is 0 Å². The Morgan fingerprint density at radius 3 is 2.05 bits per heavy atom. The van der Waals surface area contributed by atoms with Gasteiger partial charge in [-0.2, -0.15) is 5.10 Å². The highest BCUT2D eigenvalue weighted by molar-refractivity contribution is 6.62. The van der Waals surface area contributed by atoms with Crippen LogP contribution in [0.5, 0.6) is 0 Å². The van der Waals surface area contributed by atoms with Crippen molar-refractivity contribution in [2.24, 2.45) is 0 Å². The van der Waals surface area contributed by atoms with Crippen LogP contribution in [-0.4, -0.2) is 28.1 Å². The quantitative estimate of drug-likeness (QED) is 0.800. The minimum atomic E-state index is -0.371. The maximum atomic E-state index is 6.12. The summed E-state index contributed by atoms with van der Waals surface area (Å²) in [4.78, 5) is 0. The van der Waals surface area contributed by atoms with Gasteiger partial charge in [-0.3, -0.25) is 0 Å². The van der Waals surface area contributed by atoms with Gasteiger partial charge >= 0.3 is 7.12 Å². The molecule has 0 spiro atoms. The van der Waals surface area contributed by atoms with E-state index in [0.717, 1.165) is 16.8 Å². The van der Waals surface area contributed by atoms with Crippen LogP contribution in [0.25, 0.3) is 5.69 Å². The van der Waals surface area contributed by atoms with E-state index in [1.807, 2.05) is 17.8 Å². The number of nitrogens with zero attached hydrogens (tertiary/aromatic N) is 2. The van der Waals surface area contributed by atoms with Crippen LogP contribution in [0, 0.1) is 13.8 Å². The predicted octanol–water partition coefficient (Wildman–Crippen LogP) is 2.79. The molecule has 1 fully saturated rings. The number of hydrogen-bond acceptors (Lipinski definition) is 3. The Morgan fingerprint density at radius 1 is 0.955 bits per heavy atom. The molecule has 1 saturated heterocycles. The Bertz CT molecular complexity index is 673. The molecule has 0 N–H and O–H groups in total. The van der Waals surface area contributed by atoms with Gasteiger partial charge in [0, 0.05) is 11.7 Å². The molecule has 3 rings (SSSR count). The second-order valence-corrected chi connectivity index (χ2v) is 7.04. The van der Waals surface area contributed by atoms with E-state index in [1.54, 1.807) is 0 Å². The number of hydrogen-bond donors (Lipinski definition) is 0. The van der Waals surface area contributed by atoms with Crippen LogP contribution in [-0.2, 0) is 9.31 Å². The zero-order chi connectivity index (χ0) is 16.1. The average molecular weight is 298 g/mol. The van der Waals surface area contributed by atoms with Crippen molar-refractivity contribution in [2.45, 2.75) is 52.7 Å². The van der Waals surface area contributed by atoms with Crippen molar-refractivity contribution >= 4 is 12.6 Å². The second kappa shape index (κ2) is 4.96. The van der Waals surface area contributed by atoms with E-state index in [4.69, 9.17) is 9.31 Å². The number of aromatic nitrogens is 2. The standard InChI is InChI=1S/C17H23BN2O2/c1-12-7-9-14(10-8-12)20-11-15(13(2)19-20)18-21-16(3,4)17(5,6)22-18/h7-11H,1-6H3. The molecule has 1 aromatic carbocycles. The smallest absolute Gasteiger partial charge is 0.399 e. The van der Waals surface area contributed by atoms with E-state index in [9.17, 15) is 0 Å². The van der Waals surface area contributed by atoms with Crippen LogP contribution in [0.3, 0.4) is 0 Å². The van der Waals surface area contributed by atoms with Gasteiger partial charge in [-0.1, -0.05) is 17.7 Å². The van der Waals surface area contributed by atoms with Crippen LogP contribution in [0.1, 0.15) is 39.0 Å². The molecule has 1 aliphatic rings. The van der Waals surface area contributed by atoms with E-state index in [2.05, 4.69) is 64.0 Å². The Kier molecular flexibility index (Phi) is 3.46. The fraction of sp³-hybridized carbons (Fsp3) is 0.471. The summed E-state index contributed by atoms with van der Waals surface area (Å²) in [5, 5.41) is 4.61. The molecule has 2 aromatic rings. The zero-order valence-corrected chi connectivity index (χ0v) is 14.2. The minimum Gasteiger partial charge on any atom is -0.399 e. The molecule has 0 aliphatic carbocycles. The Balaban J connectivity index is 1.92. The predicted molar refractivity (Wildman–Crippen MR) is 88.8 cm³/mol. The first-order valence-electron chi connectivity index (χ1n) is 7.68. The number of rotatable bonds is 2. The van der Waals surface area contributed by atoms with Gasteiger partial charge in [0.05, 0.1) is 22.6 Å². The molecule has 0 unspecified atom stereocenters. The summed E-state index contributed by atoms with van der Waals surface area (Å²) in [5.74, 6) is 0. The van der Waals surface area contributed by atoms with Crippen molar-refractivity contribution in [3.8, 4) is 5.69 Å². The summed E-state index contributed by atoms with van der Waals surface area (Å²) in [6.45, 7) is 12.3. The van der Waals surface area contributed by atoms with Crippen LogP contribution >= 0.6 is 0 Å². The topological polar surface area (TPSA) is 36.3 Å². The maximum Gasteiger partial charge on any atom is 0.498 e. The SMILES string of the molecule is Cc1ccc(-n2cc(B3OC(C)(C)C(C)(C)O3)c(C)n2)cc1. The molecular weight excluding hydrogens is 275 g/mol. The Hall–Kier alpha value is -1.59. The summed E-state index contributed by atoms with van der Waals surface area (Å²) in [5.41, 5.74) is 3.51. The first-order valence-corrected chi connectivity index (χ1v) is 7.68. The highest BCUT2D eigenvalue weighted by Crippen LogP contribution is 2.36. The summed E-state index contributed by atoms with van der Waals surface area (Å²) < 4.78 is 14.1. The molecule has 0 atom stereocenters. The van der Waals surface area contributed by atoms with E-state index in [0.29, 0.717) is 0 Å². The lowest BCUT2D eigenvalue weighted by atomic mass is 9.79. The average Bonchev–Trinajstić information content (AvgIpc) is 2.89. The van der Waals surface area contributed by atoms with Gasteiger partial charge in [-0.15, -0.1) is 0 Å². The summed E-state index contributed by atoms with van der Waals surface area (Å²) >= 11 is 0. The third-order valence-electron chi connectivity index (χ3n) is 4.74. The monoisotopic (exact) mass is 298 g/mol. The van der Waals surface area contributed by atoms with Gasteiger partial charge < -0.3 is 9.31 Å². The van der Waals surface area contributed by atoms with Crippen molar-refractivity contribution in [3.63, 3.8) is 0 Å². The molecular formula is C17H23BN2O2. The number of benzene rings is 1. The van der Waals surface area contributed by atoms with Gasteiger partial charge in [0.25, 0.3) is 0 Å². The zero-order valence-electron chi connectivity index (χ0n) is 14.2. The second-order valence-electron chi connectivity index (χ2n) is 7.04. The Morgan fingerprint density at radius 2 is 1.50 bits per heavy atom. The molecule has 0 amide bonds. The molecule has 0 bridgehead atoms. The minimum absolute atomic E-state index is 0.337. The summed E-state index contributed by atoms with van der Waals surface area (Å²) in [6, 6.07) is 8.30. The van der Waals surface area contributed by atoms with E-state index >= 15 is 0 Å². The lowest BCUT2D eigenvalue weighted by Crippen LogP contribution is -2.41. The van der Waals surface area contributed by atoms with Gasteiger partial charge in [0.1, 0.15) is 0 Å². The van der Waals surface area contributed by atoms with Crippen LogP contribution in [0.4, 0.5) is 0 Å². The highest BCUT2D eigenvalue weighted by Gasteiger charge is 2.52. The van der Waals surface area contributed by atoms with Gasteiger partial charge in [0.2, 0.25) is 0 Å². The van der Waals surface area contributed by atoms with Crippen molar-refractivity contribution < 1.29 is 9.31 Å². The van der Waals surface area contributed by atoms with E-state index in [1.165, 1.54) is 5.56 Å². The first-order chi connectivity index (χ1) is 10.2. The van der Waals surface area contributed by atoms with Crippen LogP contribution in [0.2, 0.25) is 0 Å². The molecule has 2 heterocycles. The first kappa shape index (κ1) is 15.3. The van der Waals surface area contributed by atoms with E-state index < -0.39 is 0 Å². The third-order valence-corrected chi connectivity index (χ3v) is 4.74. The third kappa shape index (κ3) is 2.48. The molecule has 22 heavy (non-hydrogen) atoms. The molecule has 0 saturated carbocycles. The van der Waals surface area contributed by atoms with Crippen LogP contribution in [0.15, 0.2) is 30.5 Å². The fourth-order valence-electron chi connectivity index (χ4n) is 2.50. The maximum absolute atomic E-state index is 6.12. The largest absolute Gasteiger partial charge is 0.498 e. The van der Waals surface area contributed by atoms with Crippen molar-refractivity contribution in [1.29, 1.82) is 0 Å². The molecule has 1 aromatic heterocycles. The number of aryl methyl sites for hydroxylation is 2. The van der Waals surface area contributed by atoms with Gasteiger partial charge in [-0.25, -0.2) is 4.68 Å². The lowest BCUT2D eigenvalue weighted by molar-refractivity contribution is 0.00578. The van der Waals surface area contributed by atoms with Crippen molar-refractivity contribution in [1.82, 2.24) is 9.78 Å². The highest BCUT2D eigenvalue weighted by atomic mass is 16.7. The lowest BCUT2D eigenvalue weighted by Gasteiger charge is -2.32.